The molecule has 0 saturated carbocycles. The van der Waals surface area contributed by atoms with Crippen LogP contribution in [0.2, 0.25) is 0 Å². The molecule has 0 aliphatic carbocycles. The molecule has 1 N–H and O–H groups in total. The Balaban J connectivity index is 0.00000300. The van der Waals surface area contributed by atoms with E-state index in [9.17, 15) is 9.59 Å². The Bertz CT molecular complexity index is 708. The molecule has 2 fully saturated rings. The number of hydrogen-bond acceptors (Lipinski definition) is 5. The van der Waals surface area contributed by atoms with Crippen molar-refractivity contribution in [2.45, 2.75) is 44.0 Å². The number of piperazine rings is 1. The van der Waals surface area contributed by atoms with Crippen molar-refractivity contribution in [3.63, 3.8) is 0 Å². The third-order valence-electron chi connectivity index (χ3n) is 5.34. The summed E-state index contributed by atoms with van der Waals surface area (Å²) in [6.45, 7) is 11.2. The zero-order valence-electron chi connectivity index (χ0n) is 17.6. The van der Waals surface area contributed by atoms with Gasteiger partial charge in [0, 0.05) is 37.6 Å². The Morgan fingerprint density at radius 3 is 2.38 bits per heavy atom. The second-order valence-electron chi connectivity index (χ2n) is 8.01. The van der Waals surface area contributed by atoms with E-state index in [1.807, 2.05) is 11.8 Å². The summed E-state index contributed by atoms with van der Waals surface area (Å²) in [5, 5.41) is 2.74. The van der Waals surface area contributed by atoms with E-state index in [-0.39, 0.29) is 24.3 Å². The predicted molar refractivity (Wildman–Crippen MR) is 122 cm³/mol. The van der Waals surface area contributed by atoms with E-state index in [1.165, 1.54) is 21.9 Å². The van der Waals surface area contributed by atoms with Gasteiger partial charge in [0.15, 0.2) is 0 Å². The highest BCUT2D eigenvalue weighted by molar-refractivity contribution is 7.99. The molecule has 3 amide bonds. The number of imide groups is 1. The lowest BCUT2D eigenvalue weighted by Gasteiger charge is -2.37. The summed E-state index contributed by atoms with van der Waals surface area (Å²) < 4.78 is 0. The normalized spacial score (nSPS) is 19.3. The van der Waals surface area contributed by atoms with Crippen molar-refractivity contribution >= 4 is 41.8 Å². The van der Waals surface area contributed by atoms with Crippen molar-refractivity contribution in [2.75, 3.05) is 49.9 Å². The number of hydrogen-bond donors (Lipinski definition) is 1. The zero-order chi connectivity index (χ0) is 20.1. The highest BCUT2D eigenvalue weighted by atomic mass is 35.5. The first-order valence-corrected chi connectivity index (χ1v) is 11.2. The van der Waals surface area contributed by atoms with Gasteiger partial charge in [-0.25, -0.2) is 4.79 Å². The number of nitrogens with zero attached hydrogens (tertiary/aromatic N) is 3. The molecule has 0 radical (unpaired) electrons. The number of amides is 3. The highest BCUT2D eigenvalue weighted by Gasteiger charge is 2.43. The molecule has 2 aliphatic heterocycles. The molecule has 2 saturated heterocycles. The second-order valence-corrected chi connectivity index (χ2v) is 9.15. The quantitative estimate of drug-likeness (QED) is 0.495. The number of benzene rings is 1. The summed E-state index contributed by atoms with van der Waals surface area (Å²) in [5.74, 6) is 1.03. The molecule has 2 aliphatic rings. The summed E-state index contributed by atoms with van der Waals surface area (Å²) >= 11 is 1.94. The van der Waals surface area contributed by atoms with Gasteiger partial charge in [-0.05, 0) is 51.1 Å². The number of thioether (sulfide) groups is 1. The van der Waals surface area contributed by atoms with Crippen LogP contribution in [-0.2, 0) is 4.79 Å². The van der Waals surface area contributed by atoms with Crippen molar-refractivity contribution in [1.29, 1.82) is 0 Å². The fourth-order valence-corrected chi connectivity index (χ4v) is 4.68. The molecule has 0 aromatic heterocycles. The molecule has 0 atom stereocenters. The van der Waals surface area contributed by atoms with Crippen LogP contribution in [0.15, 0.2) is 29.2 Å². The van der Waals surface area contributed by atoms with Crippen LogP contribution in [0.5, 0.6) is 0 Å². The first-order chi connectivity index (χ1) is 13.4. The van der Waals surface area contributed by atoms with E-state index < -0.39 is 5.54 Å². The SMILES string of the molecule is CCCSc1ccccc1N1CCN(CCCN2C(=O)NC(C)(C)C2=O)CC1.Cl. The standard InChI is InChI=1S/C21H32N4O2S.ClH/c1-4-16-28-18-9-6-5-8-17(18)24-14-12-23(13-15-24)10-7-11-25-19(26)21(2,3)22-20(25)27;/h5-6,8-9H,4,7,10-16H2,1-3H3,(H,22,27);1H. The molecule has 8 heteroatoms. The number of para-hydroxylation sites is 1. The largest absolute Gasteiger partial charge is 0.368 e. The Morgan fingerprint density at radius 1 is 1.07 bits per heavy atom. The molecule has 1 aromatic carbocycles. The van der Waals surface area contributed by atoms with Crippen molar-refractivity contribution in [3.8, 4) is 0 Å². The number of halogens is 1. The number of carbonyl (C=O) groups excluding carboxylic acids is 2. The third-order valence-corrected chi connectivity index (χ3v) is 6.61. The summed E-state index contributed by atoms with van der Waals surface area (Å²) in [4.78, 5) is 31.9. The second kappa shape index (κ2) is 10.5. The van der Waals surface area contributed by atoms with Gasteiger partial charge in [0.05, 0.1) is 5.69 Å². The van der Waals surface area contributed by atoms with Crippen LogP contribution in [0, 0.1) is 0 Å². The Kier molecular flexibility index (Phi) is 8.67. The molecule has 3 rings (SSSR count). The number of urea groups is 1. The van der Waals surface area contributed by atoms with Gasteiger partial charge in [-0.2, -0.15) is 0 Å². The van der Waals surface area contributed by atoms with Gasteiger partial charge in [-0.3, -0.25) is 14.6 Å². The number of nitrogens with one attached hydrogen (secondary N) is 1. The molecule has 1 aromatic rings. The zero-order valence-corrected chi connectivity index (χ0v) is 19.3. The van der Waals surface area contributed by atoms with Gasteiger partial charge in [-0.15, -0.1) is 24.2 Å². The molecule has 162 valence electrons. The van der Waals surface area contributed by atoms with E-state index in [4.69, 9.17) is 0 Å². The Hall–Kier alpha value is -1.44. The first kappa shape index (κ1) is 23.8. The van der Waals surface area contributed by atoms with Gasteiger partial charge in [0.25, 0.3) is 5.91 Å². The fraction of sp³-hybridized carbons (Fsp3) is 0.619. The lowest BCUT2D eigenvalue weighted by molar-refractivity contribution is -0.130. The van der Waals surface area contributed by atoms with Crippen LogP contribution in [-0.4, -0.2) is 72.3 Å². The van der Waals surface area contributed by atoms with Crippen LogP contribution >= 0.6 is 24.2 Å². The van der Waals surface area contributed by atoms with Gasteiger partial charge in [-0.1, -0.05) is 19.1 Å². The summed E-state index contributed by atoms with van der Waals surface area (Å²) in [6.07, 6.45) is 2.00. The lowest BCUT2D eigenvalue weighted by Crippen LogP contribution is -2.47. The van der Waals surface area contributed by atoms with E-state index in [2.05, 4.69) is 46.3 Å². The molecular weight excluding hydrogens is 408 g/mol. The fourth-order valence-electron chi connectivity index (χ4n) is 3.74. The minimum atomic E-state index is -0.772. The van der Waals surface area contributed by atoms with Crippen LogP contribution < -0.4 is 10.2 Å². The third kappa shape index (κ3) is 5.80. The van der Waals surface area contributed by atoms with Gasteiger partial charge in [0.2, 0.25) is 0 Å². The van der Waals surface area contributed by atoms with E-state index in [1.54, 1.807) is 13.8 Å². The molecule has 2 heterocycles. The monoisotopic (exact) mass is 440 g/mol. The van der Waals surface area contributed by atoms with Gasteiger partial charge < -0.3 is 10.2 Å². The molecule has 0 unspecified atom stereocenters. The van der Waals surface area contributed by atoms with Crippen molar-refractivity contribution < 1.29 is 9.59 Å². The van der Waals surface area contributed by atoms with E-state index in [0.29, 0.717) is 6.54 Å². The van der Waals surface area contributed by atoms with E-state index in [0.717, 1.165) is 44.9 Å². The molecular formula is C21H33ClN4O2S. The van der Waals surface area contributed by atoms with Crippen molar-refractivity contribution in [1.82, 2.24) is 15.1 Å². The maximum Gasteiger partial charge on any atom is 0.325 e. The first-order valence-electron chi connectivity index (χ1n) is 10.3. The van der Waals surface area contributed by atoms with Crippen molar-refractivity contribution in [3.05, 3.63) is 24.3 Å². The minimum Gasteiger partial charge on any atom is -0.368 e. The summed E-state index contributed by atoms with van der Waals surface area (Å²) in [5.41, 5.74) is 0.577. The maximum atomic E-state index is 12.2. The molecule has 0 spiro atoms. The number of carbonyl (C=O) groups is 2. The molecule has 0 bridgehead atoms. The number of rotatable bonds is 8. The number of anilines is 1. The lowest BCUT2D eigenvalue weighted by atomic mass is 10.1. The average Bonchev–Trinajstić information content (AvgIpc) is 2.88. The van der Waals surface area contributed by atoms with Gasteiger partial charge in [0.1, 0.15) is 5.54 Å². The maximum absolute atomic E-state index is 12.2. The summed E-state index contributed by atoms with van der Waals surface area (Å²) in [6, 6.07) is 8.43. The average molecular weight is 441 g/mol. The minimum absolute atomic E-state index is 0. The van der Waals surface area contributed by atoms with Crippen molar-refractivity contribution in [2.24, 2.45) is 0 Å². The predicted octanol–water partition coefficient (Wildman–Crippen LogP) is 3.45. The highest BCUT2D eigenvalue weighted by Crippen LogP contribution is 2.31. The van der Waals surface area contributed by atoms with Gasteiger partial charge >= 0.3 is 6.03 Å². The molecule has 29 heavy (non-hydrogen) atoms. The van der Waals surface area contributed by atoms with Crippen LogP contribution in [0.25, 0.3) is 0 Å². The molecule has 6 nitrogen and oxygen atoms in total. The van der Waals surface area contributed by atoms with Crippen LogP contribution in [0.1, 0.15) is 33.6 Å². The van der Waals surface area contributed by atoms with Crippen LogP contribution in [0.3, 0.4) is 0 Å². The summed E-state index contributed by atoms with van der Waals surface area (Å²) in [7, 11) is 0. The van der Waals surface area contributed by atoms with Crippen LogP contribution in [0.4, 0.5) is 10.5 Å². The topological polar surface area (TPSA) is 55.9 Å². The Labute approximate surface area is 184 Å². The Morgan fingerprint density at radius 2 is 1.76 bits per heavy atom. The van der Waals surface area contributed by atoms with E-state index >= 15 is 0 Å². The smallest absolute Gasteiger partial charge is 0.325 e.